The summed E-state index contributed by atoms with van der Waals surface area (Å²) in [7, 11) is 2.02. The number of carbonyl (C=O) groups excluding carboxylic acids is 1. The molecule has 1 aliphatic heterocycles. The van der Waals surface area contributed by atoms with Crippen LogP contribution < -0.4 is 0 Å². The Labute approximate surface area is 85.6 Å². The summed E-state index contributed by atoms with van der Waals surface area (Å²) in [6.07, 6.45) is 6.14. The van der Waals surface area contributed by atoms with Crippen LogP contribution in [0.25, 0.3) is 0 Å². The van der Waals surface area contributed by atoms with Gasteiger partial charge in [-0.2, -0.15) is 0 Å². The molecule has 1 atom stereocenters. The molecule has 0 saturated heterocycles. The van der Waals surface area contributed by atoms with Gasteiger partial charge >= 0.3 is 0 Å². The van der Waals surface area contributed by atoms with Crippen molar-refractivity contribution < 1.29 is 4.79 Å². The molecular weight excluding hydrogens is 174 g/mol. The van der Waals surface area contributed by atoms with Gasteiger partial charge in [-0.3, -0.25) is 4.79 Å². The summed E-state index contributed by atoms with van der Waals surface area (Å²) in [4.78, 5) is 13.7. The Hall–Kier alpha value is -1.31. The zero-order valence-electron chi connectivity index (χ0n) is 9.08. The second-order valence-corrected chi connectivity index (χ2v) is 3.69. The lowest BCUT2D eigenvalue weighted by molar-refractivity contribution is -0.117. The van der Waals surface area contributed by atoms with Gasteiger partial charge in [0.25, 0.3) is 0 Å². The number of rotatable bonds is 2. The summed E-state index contributed by atoms with van der Waals surface area (Å²) >= 11 is 0. The molecule has 2 heteroatoms. The second kappa shape index (κ2) is 4.27. The number of carbonyl (C=O) groups is 1. The molecule has 0 aromatic rings. The maximum absolute atomic E-state index is 11.6. The van der Waals surface area contributed by atoms with Crippen molar-refractivity contribution in [2.75, 3.05) is 7.05 Å². The van der Waals surface area contributed by atoms with Crippen LogP contribution >= 0.6 is 0 Å². The fourth-order valence-electron chi connectivity index (χ4n) is 1.60. The van der Waals surface area contributed by atoms with Crippen LogP contribution in [0.4, 0.5) is 0 Å². The van der Waals surface area contributed by atoms with Crippen LogP contribution in [-0.2, 0) is 4.79 Å². The van der Waals surface area contributed by atoms with E-state index in [4.69, 9.17) is 0 Å². The van der Waals surface area contributed by atoms with E-state index in [0.717, 1.165) is 11.3 Å². The molecule has 0 aliphatic carbocycles. The maximum Gasteiger partial charge on any atom is 0.162 e. The van der Waals surface area contributed by atoms with E-state index in [9.17, 15) is 4.79 Å². The molecule has 0 aromatic heterocycles. The molecular formula is C12H17NO. The van der Waals surface area contributed by atoms with Crippen molar-refractivity contribution in [1.29, 1.82) is 0 Å². The molecule has 0 saturated carbocycles. The first-order chi connectivity index (χ1) is 6.57. The number of allylic oxidation sites excluding steroid dienone is 4. The van der Waals surface area contributed by atoms with Gasteiger partial charge in [-0.05, 0) is 19.9 Å². The van der Waals surface area contributed by atoms with Crippen LogP contribution in [0.3, 0.4) is 0 Å². The molecule has 0 amide bonds. The lowest BCUT2D eigenvalue weighted by Gasteiger charge is -2.33. The summed E-state index contributed by atoms with van der Waals surface area (Å²) in [6.45, 7) is 7.56. The van der Waals surface area contributed by atoms with E-state index >= 15 is 0 Å². The predicted molar refractivity (Wildman–Crippen MR) is 58.9 cm³/mol. The summed E-state index contributed by atoms with van der Waals surface area (Å²) in [6, 6.07) is 0.288. The number of hydrogen-bond donors (Lipinski definition) is 0. The first kappa shape index (κ1) is 10.8. The van der Waals surface area contributed by atoms with E-state index in [2.05, 4.69) is 18.4 Å². The van der Waals surface area contributed by atoms with E-state index in [1.165, 1.54) is 0 Å². The zero-order chi connectivity index (χ0) is 10.7. The maximum atomic E-state index is 11.6. The number of nitrogens with zero attached hydrogens (tertiary/aromatic N) is 1. The molecule has 0 spiro atoms. The van der Waals surface area contributed by atoms with Crippen molar-refractivity contribution in [3.8, 4) is 0 Å². The molecule has 0 aromatic carbocycles. The van der Waals surface area contributed by atoms with Crippen LogP contribution in [0.2, 0.25) is 0 Å². The molecule has 0 N–H and O–H groups in total. The minimum Gasteiger partial charge on any atom is -0.371 e. The lowest BCUT2D eigenvalue weighted by atomic mass is 9.97. The standard InChI is InChI=1S/C12H17NO/c1-5-6-7-11-10(3)12(14)8-9(2)13(11)4/h5-7,9H,1,8H2,2-4H3/b7-6-. The van der Waals surface area contributed by atoms with Gasteiger partial charge in [0.05, 0.1) is 0 Å². The molecule has 1 heterocycles. The van der Waals surface area contributed by atoms with Crippen LogP contribution in [0.15, 0.2) is 36.1 Å². The number of hydrogen-bond acceptors (Lipinski definition) is 2. The molecule has 1 aliphatic rings. The van der Waals surface area contributed by atoms with Gasteiger partial charge in [0.2, 0.25) is 0 Å². The predicted octanol–water partition coefficient (Wildman–Crippen LogP) is 2.30. The first-order valence-electron chi connectivity index (χ1n) is 4.84. The Morgan fingerprint density at radius 1 is 1.57 bits per heavy atom. The van der Waals surface area contributed by atoms with Gasteiger partial charge in [0.1, 0.15) is 0 Å². The SMILES string of the molecule is C=C/C=C\C1=C(C)C(=O)CC(C)N1C. The van der Waals surface area contributed by atoms with E-state index in [-0.39, 0.29) is 11.8 Å². The molecule has 2 nitrogen and oxygen atoms in total. The van der Waals surface area contributed by atoms with Crippen molar-refractivity contribution in [2.24, 2.45) is 0 Å². The van der Waals surface area contributed by atoms with Gasteiger partial charge in [0, 0.05) is 30.8 Å². The van der Waals surface area contributed by atoms with Crippen molar-refractivity contribution >= 4 is 5.78 Å². The third kappa shape index (κ3) is 1.95. The van der Waals surface area contributed by atoms with Crippen molar-refractivity contribution in [3.63, 3.8) is 0 Å². The topological polar surface area (TPSA) is 20.3 Å². The summed E-state index contributed by atoms with van der Waals surface area (Å²) in [5.74, 6) is 0.249. The van der Waals surface area contributed by atoms with Crippen molar-refractivity contribution in [3.05, 3.63) is 36.1 Å². The third-order valence-corrected chi connectivity index (χ3v) is 2.71. The van der Waals surface area contributed by atoms with Gasteiger partial charge in [-0.15, -0.1) is 0 Å². The van der Waals surface area contributed by atoms with Crippen molar-refractivity contribution in [1.82, 2.24) is 4.90 Å². The first-order valence-corrected chi connectivity index (χ1v) is 4.84. The van der Waals surface area contributed by atoms with Gasteiger partial charge < -0.3 is 4.90 Å². The number of likely N-dealkylation sites (N-methyl/N-ethyl adjacent to an activating group) is 1. The minimum atomic E-state index is 0.249. The fourth-order valence-corrected chi connectivity index (χ4v) is 1.60. The zero-order valence-corrected chi connectivity index (χ0v) is 9.08. The molecule has 1 rings (SSSR count). The minimum absolute atomic E-state index is 0.249. The van der Waals surface area contributed by atoms with Gasteiger partial charge in [-0.1, -0.05) is 18.7 Å². The monoisotopic (exact) mass is 191 g/mol. The fraction of sp³-hybridized carbons (Fsp3) is 0.417. The van der Waals surface area contributed by atoms with E-state index < -0.39 is 0 Å². The average molecular weight is 191 g/mol. The Bertz CT molecular complexity index is 312. The summed E-state index contributed by atoms with van der Waals surface area (Å²) in [5, 5.41) is 0. The van der Waals surface area contributed by atoms with E-state index in [0.29, 0.717) is 6.42 Å². The van der Waals surface area contributed by atoms with E-state index in [1.807, 2.05) is 26.1 Å². The van der Waals surface area contributed by atoms with E-state index in [1.54, 1.807) is 6.08 Å². The van der Waals surface area contributed by atoms with Crippen LogP contribution in [-0.4, -0.2) is 23.8 Å². The highest BCUT2D eigenvalue weighted by Crippen LogP contribution is 2.23. The molecule has 14 heavy (non-hydrogen) atoms. The molecule has 1 unspecified atom stereocenters. The van der Waals surface area contributed by atoms with Gasteiger partial charge in [-0.25, -0.2) is 0 Å². The second-order valence-electron chi connectivity index (χ2n) is 3.69. The summed E-state index contributed by atoms with van der Waals surface area (Å²) in [5.41, 5.74) is 1.86. The molecule has 0 fully saturated rings. The number of ketones is 1. The highest BCUT2D eigenvalue weighted by atomic mass is 16.1. The van der Waals surface area contributed by atoms with Crippen LogP contribution in [0.1, 0.15) is 20.3 Å². The quantitative estimate of drug-likeness (QED) is 0.624. The Balaban J connectivity index is 3.06. The van der Waals surface area contributed by atoms with Gasteiger partial charge in [0.15, 0.2) is 5.78 Å². The highest BCUT2D eigenvalue weighted by molar-refractivity contribution is 5.97. The normalized spacial score (nSPS) is 23.5. The largest absolute Gasteiger partial charge is 0.371 e. The Morgan fingerprint density at radius 2 is 2.21 bits per heavy atom. The average Bonchev–Trinajstić information content (AvgIpc) is 2.15. The highest BCUT2D eigenvalue weighted by Gasteiger charge is 2.24. The van der Waals surface area contributed by atoms with Crippen LogP contribution in [0.5, 0.6) is 0 Å². The summed E-state index contributed by atoms with van der Waals surface area (Å²) < 4.78 is 0. The smallest absolute Gasteiger partial charge is 0.162 e. The molecule has 0 bridgehead atoms. The Kier molecular flexibility index (Phi) is 3.28. The van der Waals surface area contributed by atoms with Crippen LogP contribution in [0, 0.1) is 0 Å². The molecule has 76 valence electrons. The number of Topliss-reactive ketones (excluding diaryl/α,β-unsaturated/α-hetero) is 1. The third-order valence-electron chi connectivity index (χ3n) is 2.71. The van der Waals surface area contributed by atoms with Crippen molar-refractivity contribution in [2.45, 2.75) is 26.3 Å². The molecule has 0 radical (unpaired) electrons. The lowest BCUT2D eigenvalue weighted by Crippen LogP contribution is -2.35. The Morgan fingerprint density at radius 3 is 2.79 bits per heavy atom.